The third kappa shape index (κ3) is 3.72. The Morgan fingerprint density at radius 3 is 2.26 bits per heavy atom. The van der Waals surface area contributed by atoms with E-state index in [0.29, 0.717) is 49.2 Å². The van der Waals surface area contributed by atoms with Crippen LogP contribution in [0.3, 0.4) is 0 Å². The molecule has 0 radical (unpaired) electrons. The number of nitrogens with zero attached hydrogens (tertiary/aromatic N) is 3. The van der Waals surface area contributed by atoms with E-state index in [4.69, 9.17) is 4.74 Å². The maximum atomic E-state index is 13.4. The highest BCUT2D eigenvalue weighted by atomic mass is 79.9. The number of likely N-dealkylation sites (N-methyl/N-ethyl adjacent to an activating group) is 1. The van der Waals surface area contributed by atoms with E-state index in [0.717, 1.165) is 0 Å². The zero-order valence-corrected chi connectivity index (χ0v) is 17.6. The molecule has 1 spiro atoms. The molecular weight excluding hydrogens is 427 g/mol. The minimum atomic E-state index is -4.39. The molecular formula is C18H25BrF3N3O2. The minimum absolute atomic E-state index is 0.295. The van der Waals surface area contributed by atoms with Gasteiger partial charge in [-0.05, 0) is 62.7 Å². The van der Waals surface area contributed by atoms with E-state index in [1.54, 1.807) is 4.90 Å². The fraction of sp³-hybridized carbons (Fsp3) is 0.722. The van der Waals surface area contributed by atoms with Crippen molar-refractivity contribution in [3.63, 3.8) is 0 Å². The molecule has 1 saturated heterocycles. The Balaban J connectivity index is 1.89. The summed E-state index contributed by atoms with van der Waals surface area (Å²) in [6.45, 7) is 7.15. The number of aromatic nitrogens is 1. The molecule has 0 saturated carbocycles. The fourth-order valence-corrected chi connectivity index (χ4v) is 4.91. The summed E-state index contributed by atoms with van der Waals surface area (Å²) in [5.74, 6) is 0. The highest BCUT2D eigenvalue weighted by Gasteiger charge is 2.49. The Bertz CT molecular complexity index is 731. The molecule has 1 amide bonds. The van der Waals surface area contributed by atoms with Crippen molar-refractivity contribution in [1.29, 1.82) is 0 Å². The SMILES string of the molecule is CN1CCn2c(C(F)(F)F)cc(Br)c2C12CCN(C(=O)OC(C)(C)C)CC2. The van der Waals surface area contributed by atoms with E-state index < -0.39 is 23.0 Å². The number of alkyl halides is 3. The Labute approximate surface area is 165 Å². The van der Waals surface area contributed by atoms with Crippen LogP contribution in [-0.4, -0.2) is 52.7 Å². The number of fused-ring (bicyclic) bond motifs is 2. The first-order valence-electron chi connectivity index (χ1n) is 9.01. The van der Waals surface area contributed by atoms with Crippen LogP contribution in [0, 0.1) is 0 Å². The molecule has 0 aliphatic carbocycles. The van der Waals surface area contributed by atoms with Crippen LogP contribution in [0.1, 0.15) is 45.0 Å². The lowest BCUT2D eigenvalue weighted by Gasteiger charge is -2.50. The third-order valence-electron chi connectivity index (χ3n) is 5.41. The molecule has 1 aromatic rings. The van der Waals surface area contributed by atoms with Gasteiger partial charge in [0, 0.05) is 30.7 Å². The van der Waals surface area contributed by atoms with Gasteiger partial charge in [-0.2, -0.15) is 13.2 Å². The predicted molar refractivity (Wildman–Crippen MR) is 98.5 cm³/mol. The molecule has 0 aromatic carbocycles. The number of hydrogen-bond acceptors (Lipinski definition) is 3. The Morgan fingerprint density at radius 2 is 1.74 bits per heavy atom. The summed E-state index contributed by atoms with van der Waals surface area (Å²) in [7, 11) is 1.94. The van der Waals surface area contributed by atoms with Crippen LogP contribution in [0.2, 0.25) is 0 Å². The summed E-state index contributed by atoms with van der Waals surface area (Å²) in [5, 5.41) is 0. The summed E-state index contributed by atoms with van der Waals surface area (Å²) < 4.78 is 47.6. The quantitative estimate of drug-likeness (QED) is 0.584. The summed E-state index contributed by atoms with van der Waals surface area (Å²) in [6.07, 6.45) is -3.65. The third-order valence-corrected chi connectivity index (χ3v) is 6.02. The summed E-state index contributed by atoms with van der Waals surface area (Å²) in [5.41, 5.74) is -1.06. The van der Waals surface area contributed by atoms with Crippen LogP contribution in [0.25, 0.3) is 0 Å². The summed E-state index contributed by atoms with van der Waals surface area (Å²) in [6, 6.07) is 1.18. The van der Waals surface area contributed by atoms with E-state index in [-0.39, 0.29) is 6.09 Å². The first-order valence-corrected chi connectivity index (χ1v) is 9.80. The van der Waals surface area contributed by atoms with Gasteiger partial charge in [-0.1, -0.05) is 0 Å². The second-order valence-corrected chi connectivity index (χ2v) is 9.15. The molecule has 27 heavy (non-hydrogen) atoms. The number of amides is 1. The van der Waals surface area contributed by atoms with Crippen molar-refractivity contribution < 1.29 is 22.7 Å². The number of carbonyl (C=O) groups is 1. The maximum Gasteiger partial charge on any atom is 0.431 e. The second kappa shape index (κ2) is 6.69. The van der Waals surface area contributed by atoms with Crippen molar-refractivity contribution in [2.75, 3.05) is 26.7 Å². The first-order chi connectivity index (χ1) is 12.3. The average Bonchev–Trinajstić information content (AvgIpc) is 2.88. The molecule has 0 N–H and O–H groups in total. The highest BCUT2D eigenvalue weighted by molar-refractivity contribution is 9.10. The van der Waals surface area contributed by atoms with Gasteiger partial charge >= 0.3 is 12.3 Å². The predicted octanol–water partition coefficient (Wildman–Crippen LogP) is 4.44. The van der Waals surface area contributed by atoms with Crippen molar-refractivity contribution in [3.8, 4) is 0 Å². The van der Waals surface area contributed by atoms with E-state index in [9.17, 15) is 18.0 Å². The molecule has 0 unspecified atom stereocenters. The van der Waals surface area contributed by atoms with Crippen LogP contribution < -0.4 is 0 Å². The Morgan fingerprint density at radius 1 is 1.15 bits per heavy atom. The minimum Gasteiger partial charge on any atom is -0.444 e. The number of ether oxygens (including phenoxy) is 1. The standard InChI is InChI=1S/C18H25BrF3N3O2/c1-16(2,3)27-15(26)24-7-5-17(6-8-24)14-12(19)11-13(18(20,21)22)25(14)10-9-23(17)4/h11H,5-10H2,1-4H3. The number of hydrogen-bond donors (Lipinski definition) is 0. The largest absolute Gasteiger partial charge is 0.444 e. The summed E-state index contributed by atoms with van der Waals surface area (Å²) >= 11 is 3.36. The molecule has 152 valence electrons. The highest BCUT2D eigenvalue weighted by Crippen LogP contribution is 2.47. The van der Waals surface area contributed by atoms with Gasteiger partial charge in [0.2, 0.25) is 0 Å². The molecule has 1 aromatic heterocycles. The zero-order chi connectivity index (χ0) is 20.2. The normalized spacial score (nSPS) is 20.7. The lowest BCUT2D eigenvalue weighted by atomic mass is 9.81. The molecule has 5 nitrogen and oxygen atoms in total. The van der Waals surface area contributed by atoms with Gasteiger partial charge in [-0.3, -0.25) is 4.90 Å². The van der Waals surface area contributed by atoms with Gasteiger partial charge in [0.05, 0.1) is 11.2 Å². The molecule has 2 aliphatic rings. The van der Waals surface area contributed by atoms with Crippen molar-refractivity contribution in [2.45, 2.75) is 57.5 Å². The number of piperidine rings is 1. The van der Waals surface area contributed by atoms with Crippen molar-refractivity contribution in [3.05, 3.63) is 21.9 Å². The second-order valence-electron chi connectivity index (χ2n) is 8.30. The van der Waals surface area contributed by atoms with Crippen LogP contribution in [0.15, 0.2) is 10.5 Å². The van der Waals surface area contributed by atoms with E-state index in [1.807, 2.05) is 27.8 Å². The summed E-state index contributed by atoms with van der Waals surface area (Å²) in [4.78, 5) is 16.1. The monoisotopic (exact) mass is 451 g/mol. The van der Waals surface area contributed by atoms with E-state index in [2.05, 4.69) is 20.8 Å². The molecule has 2 aliphatic heterocycles. The fourth-order valence-electron chi connectivity index (χ4n) is 4.11. The van der Waals surface area contributed by atoms with Crippen LogP contribution in [-0.2, 0) is 23.0 Å². The smallest absolute Gasteiger partial charge is 0.431 e. The molecule has 0 atom stereocenters. The van der Waals surface area contributed by atoms with E-state index in [1.165, 1.54) is 10.6 Å². The molecule has 0 bridgehead atoms. The number of carbonyl (C=O) groups excluding carboxylic acids is 1. The van der Waals surface area contributed by atoms with Crippen LogP contribution >= 0.6 is 15.9 Å². The Hall–Kier alpha value is -1.22. The number of rotatable bonds is 0. The number of halogens is 4. The average molecular weight is 452 g/mol. The Kier molecular flexibility index (Phi) is 5.08. The van der Waals surface area contributed by atoms with Gasteiger partial charge in [-0.25, -0.2) is 4.79 Å². The van der Waals surface area contributed by atoms with Crippen LogP contribution in [0.4, 0.5) is 18.0 Å². The van der Waals surface area contributed by atoms with Crippen molar-refractivity contribution >= 4 is 22.0 Å². The zero-order valence-electron chi connectivity index (χ0n) is 16.0. The van der Waals surface area contributed by atoms with Gasteiger partial charge in [0.15, 0.2) is 0 Å². The molecule has 3 heterocycles. The number of likely N-dealkylation sites (tertiary alicyclic amines) is 1. The van der Waals surface area contributed by atoms with Crippen molar-refractivity contribution in [2.24, 2.45) is 0 Å². The lowest BCUT2D eigenvalue weighted by molar-refractivity contribution is -0.144. The topological polar surface area (TPSA) is 37.7 Å². The van der Waals surface area contributed by atoms with Crippen LogP contribution in [0.5, 0.6) is 0 Å². The maximum absolute atomic E-state index is 13.4. The first kappa shape index (κ1) is 20.5. The van der Waals surface area contributed by atoms with Gasteiger partial charge in [0.25, 0.3) is 0 Å². The molecule has 1 fully saturated rings. The lowest BCUT2D eigenvalue weighted by Crippen LogP contribution is -2.57. The van der Waals surface area contributed by atoms with Gasteiger partial charge in [-0.15, -0.1) is 0 Å². The van der Waals surface area contributed by atoms with E-state index >= 15 is 0 Å². The molecule has 9 heteroatoms. The molecule has 3 rings (SSSR count). The van der Waals surface area contributed by atoms with Gasteiger partial charge < -0.3 is 14.2 Å². The van der Waals surface area contributed by atoms with Crippen molar-refractivity contribution in [1.82, 2.24) is 14.4 Å². The van der Waals surface area contributed by atoms with Gasteiger partial charge in [0.1, 0.15) is 11.3 Å².